The van der Waals surface area contributed by atoms with E-state index in [1.807, 2.05) is 13.8 Å². The molecule has 1 heterocycles. The van der Waals surface area contributed by atoms with E-state index in [4.69, 9.17) is 5.73 Å². The molecule has 10 heteroatoms. The fourth-order valence-corrected chi connectivity index (χ4v) is 3.55. The van der Waals surface area contributed by atoms with Gasteiger partial charge in [0, 0.05) is 25.2 Å². The maximum atomic E-state index is 12.6. The standard InChI is InChI=1S/C21H33F2N5O2.HI/c1-3-25-21(26-9-5-11-28-10-4-6-16(14-28)19(24)29)27-13-17-12-15(2)7-8-18(17)30-20(22)23;/h7-8,12,16,20H,3-6,9-11,13-14H2,1-2H3,(H2,24,29)(H2,25,26,27);1H. The maximum absolute atomic E-state index is 12.6. The van der Waals surface area contributed by atoms with Crippen molar-refractivity contribution in [1.29, 1.82) is 0 Å². The average molecular weight is 553 g/mol. The molecular formula is C21H34F2IN5O2. The molecule has 0 aliphatic carbocycles. The Morgan fingerprint density at radius 3 is 2.84 bits per heavy atom. The highest BCUT2D eigenvalue weighted by molar-refractivity contribution is 14.0. The molecule has 176 valence electrons. The Hall–Kier alpha value is -1.69. The van der Waals surface area contributed by atoms with Crippen molar-refractivity contribution in [3.05, 3.63) is 29.3 Å². The second-order valence-electron chi connectivity index (χ2n) is 7.51. The number of nitrogens with two attached hydrogens (primary N) is 1. The summed E-state index contributed by atoms with van der Waals surface area (Å²) in [5, 5.41) is 6.43. The number of hydrogen-bond donors (Lipinski definition) is 3. The van der Waals surface area contributed by atoms with Crippen LogP contribution in [0, 0.1) is 12.8 Å². The smallest absolute Gasteiger partial charge is 0.387 e. The number of benzene rings is 1. The number of carbonyl (C=O) groups is 1. The fourth-order valence-electron chi connectivity index (χ4n) is 3.55. The van der Waals surface area contributed by atoms with Gasteiger partial charge in [0.2, 0.25) is 5.91 Å². The molecule has 31 heavy (non-hydrogen) atoms. The van der Waals surface area contributed by atoms with Crippen LogP contribution < -0.4 is 21.1 Å². The van der Waals surface area contributed by atoms with Gasteiger partial charge in [-0.3, -0.25) is 4.79 Å². The number of guanidine groups is 1. The molecule has 1 amide bonds. The van der Waals surface area contributed by atoms with Crippen molar-refractivity contribution >= 4 is 35.8 Å². The molecule has 0 spiro atoms. The summed E-state index contributed by atoms with van der Waals surface area (Å²) in [4.78, 5) is 18.2. The molecule has 0 saturated carbocycles. The van der Waals surface area contributed by atoms with Gasteiger partial charge in [0.25, 0.3) is 0 Å². The molecule has 1 aliphatic rings. The van der Waals surface area contributed by atoms with Crippen molar-refractivity contribution in [3.8, 4) is 5.75 Å². The van der Waals surface area contributed by atoms with E-state index in [2.05, 4.69) is 25.3 Å². The minimum absolute atomic E-state index is 0. The van der Waals surface area contributed by atoms with Gasteiger partial charge in [0.1, 0.15) is 5.75 Å². The first-order valence-electron chi connectivity index (χ1n) is 10.5. The summed E-state index contributed by atoms with van der Waals surface area (Å²) in [6.07, 6.45) is 2.75. The van der Waals surface area contributed by atoms with Crippen molar-refractivity contribution in [3.63, 3.8) is 0 Å². The maximum Gasteiger partial charge on any atom is 0.387 e. The molecule has 1 saturated heterocycles. The molecule has 0 bridgehead atoms. The van der Waals surface area contributed by atoms with Crippen LogP contribution in [0.15, 0.2) is 23.2 Å². The number of likely N-dealkylation sites (tertiary alicyclic amines) is 1. The van der Waals surface area contributed by atoms with Crippen molar-refractivity contribution < 1.29 is 18.3 Å². The zero-order chi connectivity index (χ0) is 21.9. The van der Waals surface area contributed by atoms with Gasteiger partial charge < -0.3 is 26.0 Å². The molecule has 1 aliphatic heterocycles. The Morgan fingerprint density at radius 1 is 1.39 bits per heavy atom. The number of amides is 1. The number of nitrogens with zero attached hydrogens (tertiary/aromatic N) is 2. The molecular weight excluding hydrogens is 519 g/mol. The number of ether oxygens (including phenoxy) is 1. The lowest BCUT2D eigenvalue weighted by Gasteiger charge is -2.31. The third kappa shape index (κ3) is 9.98. The quantitative estimate of drug-likeness (QED) is 0.180. The summed E-state index contributed by atoms with van der Waals surface area (Å²) in [7, 11) is 0. The molecule has 4 N–H and O–H groups in total. The largest absolute Gasteiger partial charge is 0.434 e. The number of aliphatic imine (C=N–C) groups is 1. The van der Waals surface area contributed by atoms with Crippen LogP contribution >= 0.6 is 24.0 Å². The zero-order valence-electron chi connectivity index (χ0n) is 18.2. The van der Waals surface area contributed by atoms with Gasteiger partial charge in [0.05, 0.1) is 12.5 Å². The number of carbonyl (C=O) groups excluding carboxylic acids is 1. The molecule has 2 rings (SSSR count). The van der Waals surface area contributed by atoms with Gasteiger partial charge >= 0.3 is 6.61 Å². The van der Waals surface area contributed by atoms with E-state index in [1.54, 1.807) is 18.2 Å². The van der Waals surface area contributed by atoms with Crippen LogP contribution in [-0.2, 0) is 11.3 Å². The van der Waals surface area contributed by atoms with Crippen LogP contribution in [0.3, 0.4) is 0 Å². The van der Waals surface area contributed by atoms with E-state index in [0.717, 1.165) is 44.5 Å². The lowest BCUT2D eigenvalue weighted by molar-refractivity contribution is -0.123. The second-order valence-corrected chi connectivity index (χ2v) is 7.51. The second kappa shape index (κ2) is 14.4. The van der Waals surface area contributed by atoms with E-state index < -0.39 is 6.61 Å². The fraction of sp³-hybridized carbons (Fsp3) is 0.619. The summed E-state index contributed by atoms with van der Waals surface area (Å²) >= 11 is 0. The highest BCUT2D eigenvalue weighted by Gasteiger charge is 2.23. The SMILES string of the molecule is CCNC(=NCc1cc(C)ccc1OC(F)F)NCCCN1CCCC(C(N)=O)C1.I. The topological polar surface area (TPSA) is 92.0 Å². The summed E-state index contributed by atoms with van der Waals surface area (Å²) in [5.74, 6) is 0.496. The number of aryl methyl sites for hydroxylation is 1. The van der Waals surface area contributed by atoms with Gasteiger partial charge in [-0.2, -0.15) is 8.78 Å². The van der Waals surface area contributed by atoms with E-state index in [9.17, 15) is 13.6 Å². The van der Waals surface area contributed by atoms with Crippen LogP contribution in [0.5, 0.6) is 5.75 Å². The number of nitrogens with one attached hydrogen (secondary N) is 2. The highest BCUT2D eigenvalue weighted by atomic mass is 127. The molecule has 0 radical (unpaired) electrons. The number of alkyl halides is 2. The lowest BCUT2D eigenvalue weighted by Crippen LogP contribution is -2.43. The van der Waals surface area contributed by atoms with Crippen molar-refractivity contribution in [2.24, 2.45) is 16.6 Å². The molecule has 7 nitrogen and oxygen atoms in total. The van der Waals surface area contributed by atoms with Crippen molar-refractivity contribution in [2.45, 2.75) is 46.3 Å². The van der Waals surface area contributed by atoms with Gasteiger partial charge in [-0.1, -0.05) is 17.7 Å². The first-order chi connectivity index (χ1) is 14.4. The van der Waals surface area contributed by atoms with Gasteiger partial charge in [0.15, 0.2) is 5.96 Å². The third-order valence-corrected chi connectivity index (χ3v) is 5.04. The molecule has 1 aromatic rings. The number of primary amides is 1. The Labute approximate surface area is 200 Å². The van der Waals surface area contributed by atoms with Gasteiger partial charge in [-0.05, 0) is 52.3 Å². The average Bonchev–Trinajstić information content (AvgIpc) is 2.71. The minimum atomic E-state index is -2.87. The van der Waals surface area contributed by atoms with Gasteiger partial charge in [-0.15, -0.1) is 24.0 Å². The van der Waals surface area contributed by atoms with E-state index in [1.165, 1.54) is 0 Å². The molecule has 0 aromatic heterocycles. The van der Waals surface area contributed by atoms with Crippen LogP contribution in [0.25, 0.3) is 0 Å². The summed E-state index contributed by atoms with van der Waals surface area (Å²) in [6.45, 7) is 5.20. The predicted octanol–water partition coefficient (Wildman–Crippen LogP) is 2.86. The van der Waals surface area contributed by atoms with Crippen molar-refractivity contribution in [2.75, 3.05) is 32.7 Å². The van der Waals surface area contributed by atoms with Crippen LogP contribution in [0.2, 0.25) is 0 Å². The van der Waals surface area contributed by atoms with Crippen molar-refractivity contribution in [1.82, 2.24) is 15.5 Å². The summed E-state index contributed by atoms with van der Waals surface area (Å²) in [6, 6.07) is 5.08. The van der Waals surface area contributed by atoms with E-state index in [0.29, 0.717) is 24.6 Å². The molecule has 1 unspecified atom stereocenters. The number of rotatable bonds is 10. The summed E-state index contributed by atoms with van der Waals surface area (Å²) in [5.41, 5.74) is 7.00. The normalized spacial score (nSPS) is 17.2. The molecule has 1 aromatic carbocycles. The Kier molecular flexibility index (Phi) is 12.7. The number of hydrogen-bond acceptors (Lipinski definition) is 4. The Morgan fingerprint density at radius 2 is 2.16 bits per heavy atom. The van der Waals surface area contributed by atoms with Crippen LogP contribution in [-0.4, -0.2) is 56.1 Å². The van der Waals surface area contributed by atoms with Crippen LogP contribution in [0.1, 0.15) is 37.3 Å². The van der Waals surface area contributed by atoms with E-state index >= 15 is 0 Å². The third-order valence-electron chi connectivity index (χ3n) is 5.04. The van der Waals surface area contributed by atoms with E-state index in [-0.39, 0.29) is 48.1 Å². The van der Waals surface area contributed by atoms with Crippen LogP contribution in [0.4, 0.5) is 8.78 Å². The highest BCUT2D eigenvalue weighted by Crippen LogP contribution is 2.23. The lowest BCUT2D eigenvalue weighted by atomic mass is 9.97. The molecule has 1 atom stereocenters. The Balaban J connectivity index is 0.00000480. The number of piperidine rings is 1. The minimum Gasteiger partial charge on any atom is -0.434 e. The monoisotopic (exact) mass is 553 g/mol. The predicted molar refractivity (Wildman–Crippen MR) is 129 cm³/mol. The van der Waals surface area contributed by atoms with Gasteiger partial charge in [-0.25, -0.2) is 4.99 Å². The Bertz CT molecular complexity index is 721. The zero-order valence-corrected chi connectivity index (χ0v) is 20.5. The number of halogens is 3. The summed E-state index contributed by atoms with van der Waals surface area (Å²) < 4.78 is 29.9. The first-order valence-corrected chi connectivity index (χ1v) is 10.5. The molecule has 1 fully saturated rings. The first kappa shape index (κ1) is 27.3.